The van der Waals surface area contributed by atoms with Gasteiger partial charge < -0.3 is 5.32 Å². The maximum absolute atomic E-state index is 13.0. The van der Waals surface area contributed by atoms with E-state index in [-0.39, 0.29) is 0 Å². The molecule has 0 aliphatic carbocycles. The first-order chi connectivity index (χ1) is 7.97. The fraction of sp³-hybridized carbons (Fsp3) is 0.571. The van der Waals surface area contributed by atoms with Crippen LogP contribution < -0.4 is 5.32 Å². The van der Waals surface area contributed by atoms with Gasteiger partial charge in [-0.05, 0) is 49.0 Å². The first kappa shape index (κ1) is 14.1. The van der Waals surface area contributed by atoms with Crippen LogP contribution in [0.2, 0.25) is 0 Å². The van der Waals surface area contributed by atoms with E-state index in [9.17, 15) is 8.78 Å². The van der Waals surface area contributed by atoms with E-state index in [0.29, 0.717) is 18.3 Å². The summed E-state index contributed by atoms with van der Waals surface area (Å²) in [6.07, 6.45) is 0.694. The van der Waals surface area contributed by atoms with E-state index in [1.165, 1.54) is 12.1 Å². The second kappa shape index (κ2) is 6.70. The fourth-order valence-corrected chi connectivity index (χ4v) is 1.82. The van der Waals surface area contributed by atoms with Gasteiger partial charge in [0, 0.05) is 6.07 Å². The van der Waals surface area contributed by atoms with Crippen LogP contribution in [0.3, 0.4) is 0 Å². The topological polar surface area (TPSA) is 12.0 Å². The third-order valence-corrected chi connectivity index (χ3v) is 2.55. The number of nitrogens with one attached hydrogen (secondary N) is 1. The highest BCUT2D eigenvalue weighted by atomic mass is 19.1. The second-order valence-corrected chi connectivity index (χ2v) is 5.14. The molecule has 96 valence electrons. The van der Waals surface area contributed by atoms with E-state index in [1.807, 2.05) is 0 Å². The summed E-state index contributed by atoms with van der Waals surface area (Å²) in [5.74, 6) is -0.00607. The van der Waals surface area contributed by atoms with Crippen LogP contribution in [-0.4, -0.2) is 13.1 Å². The summed E-state index contributed by atoms with van der Waals surface area (Å²) >= 11 is 0. The second-order valence-electron chi connectivity index (χ2n) is 5.14. The number of hydrogen-bond acceptors (Lipinski definition) is 1. The zero-order valence-electron chi connectivity index (χ0n) is 10.8. The average molecular weight is 241 g/mol. The van der Waals surface area contributed by atoms with Gasteiger partial charge in [-0.15, -0.1) is 0 Å². The Balaban J connectivity index is 2.42. The lowest BCUT2D eigenvalue weighted by Crippen LogP contribution is -2.26. The van der Waals surface area contributed by atoms with E-state index in [1.54, 1.807) is 0 Å². The molecule has 0 spiro atoms. The molecule has 1 atom stereocenters. The summed E-state index contributed by atoms with van der Waals surface area (Å²) in [6.45, 7) is 8.23. The van der Waals surface area contributed by atoms with Gasteiger partial charge in [-0.3, -0.25) is 0 Å². The molecular weight excluding hydrogens is 220 g/mol. The summed E-state index contributed by atoms with van der Waals surface area (Å²) in [4.78, 5) is 0. The summed E-state index contributed by atoms with van der Waals surface area (Å²) in [5, 5.41) is 3.35. The molecule has 0 saturated carbocycles. The van der Waals surface area contributed by atoms with Crippen molar-refractivity contribution in [1.82, 2.24) is 5.32 Å². The molecule has 1 aromatic carbocycles. The van der Waals surface area contributed by atoms with Crippen molar-refractivity contribution < 1.29 is 8.78 Å². The third-order valence-electron chi connectivity index (χ3n) is 2.55. The van der Waals surface area contributed by atoms with Crippen molar-refractivity contribution in [2.45, 2.75) is 27.2 Å². The molecule has 1 unspecified atom stereocenters. The number of rotatable bonds is 6. The van der Waals surface area contributed by atoms with Gasteiger partial charge in [0.1, 0.15) is 11.6 Å². The van der Waals surface area contributed by atoms with Crippen molar-refractivity contribution in [3.63, 3.8) is 0 Å². The van der Waals surface area contributed by atoms with Crippen LogP contribution in [0.4, 0.5) is 8.78 Å². The molecule has 0 aliphatic rings. The van der Waals surface area contributed by atoms with E-state index in [2.05, 4.69) is 26.1 Å². The highest BCUT2D eigenvalue weighted by molar-refractivity contribution is 5.18. The van der Waals surface area contributed by atoms with Crippen LogP contribution >= 0.6 is 0 Å². The van der Waals surface area contributed by atoms with E-state index >= 15 is 0 Å². The molecule has 0 radical (unpaired) electrons. The lowest BCUT2D eigenvalue weighted by atomic mass is 10.0. The predicted molar refractivity (Wildman–Crippen MR) is 66.9 cm³/mol. The van der Waals surface area contributed by atoms with Crippen LogP contribution in [-0.2, 0) is 6.42 Å². The van der Waals surface area contributed by atoms with Crippen molar-refractivity contribution in [3.05, 3.63) is 35.4 Å². The van der Waals surface area contributed by atoms with Crippen LogP contribution in [0, 0.1) is 23.5 Å². The van der Waals surface area contributed by atoms with Crippen LogP contribution in [0.1, 0.15) is 26.3 Å². The highest BCUT2D eigenvalue weighted by Crippen LogP contribution is 2.12. The van der Waals surface area contributed by atoms with Crippen molar-refractivity contribution in [1.29, 1.82) is 0 Å². The Bertz CT molecular complexity index is 330. The van der Waals surface area contributed by atoms with Crippen LogP contribution in [0.5, 0.6) is 0 Å². The quantitative estimate of drug-likeness (QED) is 0.805. The van der Waals surface area contributed by atoms with Crippen LogP contribution in [0.15, 0.2) is 18.2 Å². The molecular formula is C14H21F2N. The Morgan fingerprint density at radius 3 is 2.12 bits per heavy atom. The normalized spacial score (nSPS) is 13.1. The van der Waals surface area contributed by atoms with Gasteiger partial charge in [-0.25, -0.2) is 8.78 Å². The molecule has 17 heavy (non-hydrogen) atoms. The van der Waals surface area contributed by atoms with Gasteiger partial charge in [0.25, 0.3) is 0 Å². The predicted octanol–water partition coefficient (Wildman–Crippen LogP) is 3.39. The highest BCUT2D eigenvalue weighted by Gasteiger charge is 2.06. The third kappa shape index (κ3) is 5.78. The molecule has 0 aromatic heterocycles. The maximum Gasteiger partial charge on any atom is 0.126 e. The summed E-state index contributed by atoms with van der Waals surface area (Å²) in [7, 11) is 0. The molecule has 1 rings (SSSR count). The van der Waals surface area contributed by atoms with Gasteiger partial charge >= 0.3 is 0 Å². The molecule has 0 bridgehead atoms. The molecule has 1 N–H and O–H groups in total. The zero-order valence-corrected chi connectivity index (χ0v) is 10.8. The Morgan fingerprint density at radius 2 is 1.59 bits per heavy atom. The monoisotopic (exact) mass is 241 g/mol. The minimum atomic E-state index is -0.498. The SMILES string of the molecule is CC(C)CNCC(C)Cc1cc(F)cc(F)c1. The molecule has 0 saturated heterocycles. The minimum Gasteiger partial charge on any atom is -0.316 e. The van der Waals surface area contributed by atoms with E-state index in [0.717, 1.165) is 24.7 Å². The maximum atomic E-state index is 13.0. The number of benzene rings is 1. The summed E-state index contributed by atoms with van der Waals surface area (Å²) in [5.41, 5.74) is 0.723. The fourth-order valence-electron chi connectivity index (χ4n) is 1.82. The van der Waals surface area contributed by atoms with E-state index in [4.69, 9.17) is 0 Å². The first-order valence-corrected chi connectivity index (χ1v) is 6.13. The number of hydrogen-bond donors (Lipinski definition) is 1. The standard InChI is InChI=1S/C14H21F2N/c1-10(2)8-17-9-11(3)4-12-5-13(15)7-14(16)6-12/h5-7,10-11,17H,4,8-9H2,1-3H3. The van der Waals surface area contributed by atoms with Gasteiger partial charge in [0.15, 0.2) is 0 Å². The van der Waals surface area contributed by atoms with Gasteiger partial charge in [0.05, 0.1) is 0 Å². The van der Waals surface area contributed by atoms with Crippen LogP contribution in [0.25, 0.3) is 0 Å². The largest absolute Gasteiger partial charge is 0.316 e. The zero-order chi connectivity index (χ0) is 12.8. The minimum absolute atomic E-state index is 0.370. The molecule has 0 amide bonds. The summed E-state index contributed by atoms with van der Waals surface area (Å²) < 4.78 is 26.0. The van der Waals surface area contributed by atoms with Gasteiger partial charge in [-0.1, -0.05) is 20.8 Å². The van der Waals surface area contributed by atoms with Gasteiger partial charge in [0.2, 0.25) is 0 Å². The Kier molecular flexibility index (Phi) is 5.56. The van der Waals surface area contributed by atoms with Crippen molar-refractivity contribution >= 4 is 0 Å². The van der Waals surface area contributed by atoms with Gasteiger partial charge in [-0.2, -0.15) is 0 Å². The first-order valence-electron chi connectivity index (χ1n) is 6.13. The Morgan fingerprint density at radius 1 is 1.00 bits per heavy atom. The average Bonchev–Trinajstić information content (AvgIpc) is 2.14. The molecule has 1 nitrogen and oxygen atoms in total. The Hall–Kier alpha value is -0.960. The molecule has 1 aromatic rings. The Labute approximate surface area is 102 Å². The number of halogens is 2. The molecule has 3 heteroatoms. The van der Waals surface area contributed by atoms with Crippen molar-refractivity contribution in [3.8, 4) is 0 Å². The molecule has 0 fully saturated rings. The summed E-state index contributed by atoms with van der Waals surface area (Å²) in [6, 6.07) is 3.72. The van der Waals surface area contributed by atoms with Crippen molar-refractivity contribution in [2.75, 3.05) is 13.1 Å². The van der Waals surface area contributed by atoms with E-state index < -0.39 is 11.6 Å². The molecule has 0 aliphatic heterocycles. The molecule has 0 heterocycles. The van der Waals surface area contributed by atoms with Crippen molar-refractivity contribution in [2.24, 2.45) is 11.8 Å². The smallest absolute Gasteiger partial charge is 0.126 e. The lowest BCUT2D eigenvalue weighted by Gasteiger charge is -2.14. The lowest BCUT2D eigenvalue weighted by molar-refractivity contribution is 0.471.